The van der Waals surface area contributed by atoms with Crippen molar-refractivity contribution in [1.29, 1.82) is 0 Å². The van der Waals surface area contributed by atoms with Crippen LogP contribution in [0.2, 0.25) is 0 Å². The molecule has 1 fully saturated rings. The second-order valence-corrected chi connectivity index (χ2v) is 20.6. The van der Waals surface area contributed by atoms with Crippen molar-refractivity contribution in [1.82, 2.24) is 0 Å². The van der Waals surface area contributed by atoms with Crippen LogP contribution in [0.3, 0.4) is 0 Å². The largest absolute Gasteiger partial charge is 0.472 e. The van der Waals surface area contributed by atoms with Crippen molar-refractivity contribution in [3.8, 4) is 0 Å². The number of rotatable bonds is 45. The molecule has 13 nitrogen and oxygen atoms in total. The van der Waals surface area contributed by atoms with E-state index in [0.29, 0.717) is 32.1 Å². The SMILES string of the molecule is CCCCC[C@H](O)/C=C/[C@@H]1[C@@H](CCCCCCC(=O)OC[C@H](COP(=O)(O)OC[C@@H](O)CO)OC(=O)CCCCCCCCCCCCCCCCCCCCC(C)CC)[C@@H](O)C[C@H]1O. The molecule has 1 aliphatic rings. The quantitative estimate of drug-likeness (QED) is 0.0145. The summed E-state index contributed by atoms with van der Waals surface area (Å²) in [6, 6.07) is 0. The van der Waals surface area contributed by atoms with Crippen LogP contribution < -0.4 is 0 Å². The molecule has 0 aromatic rings. The monoisotopic (exact) mass is 949 g/mol. The summed E-state index contributed by atoms with van der Waals surface area (Å²) in [7, 11) is -4.67. The number of hydrogen-bond donors (Lipinski definition) is 6. The number of phosphoric acid groups is 1. The number of carbonyl (C=O) groups is 2. The molecule has 6 N–H and O–H groups in total. The van der Waals surface area contributed by atoms with E-state index in [4.69, 9.17) is 23.6 Å². The molecular formula is C51H97O13P. The first-order valence-electron chi connectivity index (χ1n) is 26.3. The van der Waals surface area contributed by atoms with Gasteiger partial charge in [0.05, 0.1) is 38.1 Å². The first-order valence-corrected chi connectivity index (χ1v) is 27.8. The molecular weight excluding hydrogens is 852 g/mol. The molecule has 1 saturated carbocycles. The zero-order valence-electron chi connectivity index (χ0n) is 41.2. The van der Waals surface area contributed by atoms with Crippen LogP contribution >= 0.6 is 7.82 Å². The van der Waals surface area contributed by atoms with Gasteiger partial charge in [0.1, 0.15) is 12.7 Å². The number of unbranched alkanes of at least 4 members (excludes halogenated alkanes) is 22. The zero-order chi connectivity index (χ0) is 48.0. The molecule has 1 aliphatic carbocycles. The van der Waals surface area contributed by atoms with Crippen molar-refractivity contribution >= 4 is 19.8 Å². The zero-order valence-corrected chi connectivity index (χ0v) is 42.1. The van der Waals surface area contributed by atoms with Gasteiger partial charge >= 0.3 is 19.8 Å². The Morgan fingerprint density at radius 3 is 1.68 bits per heavy atom. The predicted molar refractivity (Wildman–Crippen MR) is 258 cm³/mol. The molecule has 0 bridgehead atoms. The molecule has 0 aromatic heterocycles. The van der Waals surface area contributed by atoms with Crippen molar-refractivity contribution in [3.63, 3.8) is 0 Å². The van der Waals surface area contributed by atoms with E-state index in [9.17, 15) is 39.5 Å². The lowest BCUT2D eigenvalue weighted by atomic mass is 9.88. The third-order valence-corrected chi connectivity index (χ3v) is 14.0. The van der Waals surface area contributed by atoms with Crippen LogP contribution in [0.5, 0.6) is 0 Å². The van der Waals surface area contributed by atoms with Gasteiger partial charge in [-0.15, -0.1) is 0 Å². The van der Waals surface area contributed by atoms with Crippen LogP contribution in [0.4, 0.5) is 0 Å². The smallest absolute Gasteiger partial charge is 0.462 e. The molecule has 0 heterocycles. The Hall–Kier alpha value is -1.41. The highest BCUT2D eigenvalue weighted by Crippen LogP contribution is 2.43. The fraction of sp³-hybridized carbons (Fsp3) is 0.922. The lowest BCUT2D eigenvalue weighted by Crippen LogP contribution is -2.29. The molecule has 0 radical (unpaired) electrons. The minimum atomic E-state index is -4.67. The third kappa shape index (κ3) is 34.5. The molecule has 0 spiro atoms. The highest BCUT2D eigenvalue weighted by atomic mass is 31.2. The van der Waals surface area contributed by atoms with E-state index in [2.05, 4.69) is 20.8 Å². The van der Waals surface area contributed by atoms with Gasteiger partial charge in [0.25, 0.3) is 0 Å². The number of esters is 2. The summed E-state index contributed by atoms with van der Waals surface area (Å²) in [6.45, 7) is 4.47. The predicted octanol–water partition coefficient (Wildman–Crippen LogP) is 11.0. The lowest BCUT2D eigenvalue weighted by Gasteiger charge is -2.21. The lowest BCUT2D eigenvalue weighted by molar-refractivity contribution is -0.161. The summed E-state index contributed by atoms with van der Waals surface area (Å²) in [5.41, 5.74) is 0. The Bertz CT molecular complexity index is 1220. The molecule has 0 aliphatic heterocycles. The number of carbonyl (C=O) groups excluding carboxylic acids is 2. The summed E-state index contributed by atoms with van der Waals surface area (Å²) in [5, 5.41) is 49.9. The minimum absolute atomic E-state index is 0.0988. The summed E-state index contributed by atoms with van der Waals surface area (Å²) < 4.78 is 32.9. The molecule has 1 rings (SSSR count). The van der Waals surface area contributed by atoms with Gasteiger partial charge in [-0.3, -0.25) is 18.6 Å². The standard InChI is InChI=1S/C51H97O13P/c1-4-6-25-31-43(53)35-36-47-46(48(55)37-49(47)56)32-27-23-24-28-33-50(57)61-40-45(41-63-65(59,60)62-39-44(54)38-52)64-51(58)34-29-22-20-18-16-14-12-10-8-7-9-11-13-15-17-19-21-26-30-42(3)5-2/h35-36,42-49,52-56H,4-34,37-41H2,1-3H3,(H,59,60)/b36-35+/t42?,43-,44-,45+,46+,47+,48-,49+/m0/s1. The molecule has 0 aromatic carbocycles. The average molecular weight is 949 g/mol. The van der Waals surface area contributed by atoms with Gasteiger partial charge < -0.3 is 39.9 Å². The maximum atomic E-state index is 12.7. The Balaban J connectivity index is 2.31. The summed E-state index contributed by atoms with van der Waals surface area (Å²) >= 11 is 0. The van der Waals surface area contributed by atoms with E-state index >= 15 is 0 Å². The van der Waals surface area contributed by atoms with Gasteiger partial charge in [0.15, 0.2) is 6.10 Å². The maximum absolute atomic E-state index is 12.7. The molecule has 14 heteroatoms. The van der Waals surface area contributed by atoms with Crippen LogP contribution in [0.15, 0.2) is 12.2 Å². The van der Waals surface area contributed by atoms with E-state index in [0.717, 1.165) is 63.7 Å². The Morgan fingerprint density at radius 1 is 0.646 bits per heavy atom. The molecule has 384 valence electrons. The molecule has 0 amide bonds. The van der Waals surface area contributed by atoms with Crippen LogP contribution in [0.25, 0.3) is 0 Å². The Morgan fingerprint density at radius 2 is 1.14 bits per heavy atom. The van der Waals surface area contributed by atoms with E-state index in [1.807, 2.05) is 6.08 Å². The second kappa shape index (κ2) is 40.5. The van der Waals surface area contributed by atoms with Gasteiger partial charge in [-0.2, -0.15) is 0 Å². The molecule has 0 saturated heterocycles. The second-order valence-electron chi connectivity index (χ2n) is 19.1. The third-order valence-electron chi connectivity index (χ3n) is 13.1. The average Bonchev–Trinajstić information content (AvgIpc) is 3.56. The highest BCUT2D eigenvalue weighted by Gasteiger charge is 2.39. The van der Waals surface area contributed by atoms with Crippen LogP contribution in [-0.4, -0.2) is 99.3 Å². The first-order chi connectivity index (χ1) is 31.3. The van der Waals surface area contributed by atoms with Crippen molar-refractivity contribution in [2.24, 2.45) is 17.8 Å². The highest BCUT2D eigenvalue weighted by molar-refractivity contribution is 7.47. The number of phosphoric ester groups is 1. The van der Waals surface area contributed by atoms with Crippen LogP contribution in [0, 0.1) is 17.8 Å². The van der Waals surface area contributed by atoms with Crippen molar-refractivity contribution < 1.29 is 63.1 Å². The van der Waals surface area contributed by atoms with Gasteiger partial charge in [0.2, 0.25) is 0 Å². The summed E-state index contributed by atoms with van der Waals surface area (Å²) in [5.74, 6) is -0.478. The van der Waals surface area contributed by atoms with Gasteiger partial charge in [-0.05, 0) is 37.5 Å². The first kappa shape index (κ1) is 61.6. The van der Waals surface area contributed by atoms with Gasteiger partial charge in [-0.1, -0.05) is 193 Å². The van der Waals surface area contributed by atoms with Crippen LogP contribution in [-0.2, 0) is 32.7 Å². The fourth-order valence-corrected chi connectivity index (χ4v) is 9.39. The van der Waals surface area contributed by atoms with Crippen molar-refractivity contribution in [3.05, 3.63) is 12.2 Å². The Labute approximate surface area is 394 Å². The van der Waals surface area contributed by atoms with E-state index in [1.165, 1.54) is 103 Å². The molecule has 9 atom stereocenters. The summed E-state index contributed by atoms with van der Waals surface area (Å²) in [4.78, 5) is 35.4. The molecule has 2 unspecified atom stereocenters. The Kier molecular flexibility index (Phi) is 38.4. The van der Waals surface area contributed by atoms with Crippen molar-refractivity contribution in [2.75, 3.05) is 26.4 Å². The van der Waals surface area contributed by atoms with Crippen LogP contribution in [0.1, 0.15) is 226 Å². The number of aliphatic hydroxyl groups is 5. The number of ether oxygens (including phenoxy) is 2. The number of hydrogen-bond acceptors (Lipinski definition) is 12. The van der Waals surface area contributed by atoms with Gasteiger partial charge in [0, 0.05) is 25.2 Å². The van der Waals surface area contributed by atoms with E-state index in [1.54, 1.807) is 6.08 Å². The van der Waals surface area contributed by atoms with E-state index in [-0.39, 0.29) is 31.3 Å². The minimum Gasteiger partial charge on any atom is -0.462 e. The maximum Gasteiger partial charge on any atom is 0.472 e. The fourth-order valence-electron chi connectivity index (χ4n) is 8.60. The normalized spacial score (nSPS) is 20.4. The van der Waals surface area contributed by atoms with Crippen molar-refractivity contribution in [2.45, 2.75) is 257 Å². The van der Waals surface area contributed by atoms with Gasteiger partial charge in [-0.25, -0.2) is 4.57 Å². The topological polar surface area (TPSA) is 210 Å². The molecule has 65 heavy (non-hydrogen) atoms. The number of aliphatic hydroxyl groups excluding tert-OH is 5. The summed E-state index contributed by atoms with van der Waals surface area (Å²) in [6.07, 6.45) is 32.3. The van der Waals surface area contributed by atoms with E-state index < -0.39 is 70.1 Å².